The third-order valence-electron chi connectivity index (χ3n) is 11.9. The summed E-state index contributed by atoms with van der Waals surface area (Å²) in [6.07, 6.45) is 22.0. The predicted molar refractivity (Wildman–Crippen MR) is 273 cm³/mol. The molecule has 68 heavy (non-hydrogen) atoms. The normalized spacial score (nSPS) is 13.9. The molecule has 0 heterocycles. The highest BCUT2D eigenvalue weighted by molar-refractivity contribution is 7.99. The molecule has 6 amide bonds. The van der Waals surface area contributed by atoms with Crippen molar-refractivity contribution in [2.24, 2.45) is 34.4 Å². The maximum absolute atomic E-state index is 13.9. The summed E-state index contributed by atoms with van der Waals surface area (Å²) >= 11 is 1.36. The van der Waals surface area contributed by atoms with E-state index in [1.807, 2.05) is 0 Å². The summed E-state index contributed by atoms with van der Waals surface area (Å²) in [5.41, 5.74) is 34.4. The standard InChI is InChI=1S/C48H95N11O8S/c1-2-3-4-5-6-7-8-9-10-11-12-13-14-23-36(61)28-33-68-35-37(53)44(63)59-42(34-60)48(67)58-41(27-18-22-32-52)47(66)57-40(26-17-21-31-51)46(65)56-39(25-16-20-30-50)45(64)55-38(43(54)62)24-15-19-29-49/h37-42,60H,2-35,49-53H2,1H3,(H2,54,62)(H,55,64)(H,56,65)(H,57,66)(H,58,67)(H,59,63)/t37-,38-,39-,40-,41-,42-/m0/s1. The number of Topliss-reactive ketones (excluding diaryl/α,β-unsaturated/α-hetero) is 1. The molecule has 20 heteroatoms. The molecule has 19 nitrogen and oxygen atoms in total. The molecule has 0 aromatic carbocycles. The van der Waals surface area contributed by atoms with Crippen LogP contribution in [-0.4, -0.2) is 127 Å². The Bertz CT molecular complexity index is 1380. The Morgan fingerprint density at radius 3 is 1.15 bits per heavy atom. The number of aliphatic hydroxyl groups excluding tert-OH is 1. The highest BCUT2D eigenvalue weighted by atomic mass is 32.2. The quantitative estimate of drug-likeness (QED) is 0.0388. The van der Waals surface area contributed by atoms with Crippen LogP contribution >= 0.6 is 11.8 Å². The zero-order valence-electron chi connectivity index (χ0n) is 41.7. The highest BCUT2D eigenvalue weighted by Gasteiger charge is 2.32. The van der Waals surface area contributed by atoms with Crippen molar-refractivity contribution in [2.75, 3.05) is 44.3 Å². The maximum Gasteiger partial charge on any atom is 0.245 e. The summed E-state index contributed by atoms with van der Waals surface area (Å²) < 4.78 is 0. The lowest BCUT2D eigenvalue weighted by Gasteiger charge is -2.27. The van der Waals surface area contributed by atoms with Crippen LogP contribution in [0.1, 0.15) is 180 Å². The summed E-state index contributed by atoms with van der Waals surface area (Å²) in [5, 5.41) is 23.3. The van der Waals surface area contributed by atoms with Crippen molar-refractivity contribution in [3.05, 3.63) is 0 Å². The zero-order chi connectivity index (χ0) is 50.8. The molecule has 396 valence electrons. The average molecular weight is 986 g/mol. The molecule has 0 saturated carbocycles. The number of ketones is 1. The molecule has 6 atom stereocenters. The van der Waals surface area contributed by atoms with Gasteiger partial charge in [0.1, 0.15) is 36.0 Å². The summed E-state index contributed by atoms with van der Waals surface area (Å²) in [6, 6.07) is -6.88. The number of hydrogen-bond donors (Lipinski definition) is 12. The molecule has 0 aliphatic rings. The van der Waals surface area contributed by atoms with E-state index in [9.17, 15) is 38.7 Å². The van der Waals surface area contributed by atoms with Gasteiger partial charge >= 0.3 is 0 Å². The van der Waals surface area contributed by atoms with E-state index in [0.29, 0.717) is 96.1 Å². The molecule has 0 fully saturated rings. The van der Waals surface area contributed by atoms with Gasteiger partial charge in [-0.1, -0.05) is 84.0 Å². The maximum atomic E-state index is 13.9. The van der Waals surface area contributed by atoms with Gasteiger partial charge in [0.25, 0.3) is 0 Å². The van der Waals surface area contributed by atoms with Crippen molar-refractivity contribution in [1.82, 2.24) is 26.6 Å². The predicted octanol–water partition coefficient (Wildman–Crippen LogP) is 1.90. The Balaban J connectivity index is 5.36. The minimum Gasteiger partial charge on any atom is -0.394 e. The Labute approximate surface area is 412 Å². The van der Waals surface area contributed by atoms with Gasteiger partial charge in [0.05, 0.1) is 12.6 Å². The van der Waals surface area contributed by atoms with Gasteiger partial charge in [-0.2, -0.15) is 11.8 Å². The molecule has 0 aliphatic heterocycles. The molecule has 0 saturated heterocycles. The van der Waals surface area contributed by atoms with Gasteiger partial charge in [-0.05, 0) is 110 Å². The Morgan fingerprint density at radius 2 is 0.779 bits per heavy atom. The second-order valence-electron chi connectivity index (χ2n) is 18.0. The van der Waals surface area contributed by atoms with Crippen LogP contribution in [0.2, 0.25) is 0 Å². The first kappa shape index (κ1) is 64.6. The number of unbranched alkanes of at least 4 members (excludes halogenated alkanes) is 16. The number of primary amides is 1. The molecule has 0 aromatic rings. The van der Waals surface area contributed by atoms with Crippen LogP contribution in [0.3, 0.4) is 0 Å². The van der Waals surface area contributed by atoms with Crippen LogP contribution in [0.4, 0.5) is 0 Å². The molecule has 18 N–H and O–H groups in total. The lowest BCUT2D eigenvalue weighted by Crippen LogP contribution is -2.60. The number of carbonyl (C=O) groups is 7. The lowest BCUT2D eigenvalue weighted by molar-refractivity contribution is -0.135. The molecule has 0 unspecified atom stereocenters. The van der Waals surface area contributed by atoms with Crippen molar-refractivity contribution < 1.29 is 38.7 Å². The monoisotopic (exact) mass is 986 g/mol. The number of nitrogens with two attached hydrogens (primary N) is 6. The third kappa shape index (κ3) is 33.2. The van der Waals surface area contributed by atoms with E-state index >= 15 is 0 Å². The highest BCUT2D eigenvalue weighted by Crippen LogP contribution is 2.15. The number of rotatable bonds is 47. The van der Waals surface area contributed by atoms with E-state index < -0.39 is 78.3 Å². The van der Waals surface area contributed by atoms with Crippen LogP contribution in [0.5, 0.6) is 0 Å². The summed E-state index contributed by atoms with van der Waals surface area (Å²) in [7, 11) is 0. The van der Waals surface area contributed by atoms with Crippen molar-refractivity contribution >= 4 is 53.0 Å². The largest absolute Gasteiger partial charge is 0.394 e. The average Bonchev–Trinajstić information content (AvgIpc) is 3.31. The zero-order valence-corrected chi connectivity index (χ0v) is 42.5. The number of thioether (sulfide) groups is 1. The Morgan fingerprint density at radius 1 is 0.441 bits per heavy atom. The third-order valence-corrected chi connectivity index (χ3v) is 13.0. The van der Waals surface area contributed by atoms with Gasteiger partial charge in [0.15, 0.2) is 0 Å². The number of hydrogen-bond acceptors (Lipinski definition) is 14. The molecule has 0 bridgehead atoms. The molecule has 0 rings (SSSR count). The molecule has 0 spiro atoms. The summed E-state index contributed by atoms with van der Waals surface area (Å²) in [5.74, 6) is -3.38. The van der Waals surface area contributed by atoms with E-state index in [-0.39, 0.29) is 37.2 Å². The molecule has 0 aliphatic carbocycles. The fraction of sp³-hybridized carbons (Fsp3) is 0.854. The van der Waals surface area contributed by atoms with Crippen LogP contribution in [0.15, 0.2) is 0 Å². The van der Waals surface area contributed by atoms with Crippen molar-refractivity contribution in [2.45, 2.75) is 217 Å². The van der Waals surface area contributed by atoms with E-state index in [1.165, 1.54) is 76.0 Å². The van der Waals surface area contributed by atoms with Gasteiger partial charge in [0.2, 0.25) is 35.4 Å². The van der Waals surface area contributed by atoms with E-state index in [1.54, 1.807) is 0 Å². The molecule has 0 radical (unpaired) electrons. The fourth-order valence-electron chi connectivity index (χ4n) is 7.56. The summed E-state index contributed by atoms with van der Waals surface area (Å²) in [4.78, 5) is 92.4. The number of aliphatic hydroxyl groups is 1. The second kappa shape index (κ2) is 43.6. The van der Waals surface area contributed by atoms with Crippen molar-refractivity contribution in [3.63, 3.8) is 0 Å². The molecular weight excluding hydrogens is 891 g/mol. The Kier molecular flexibility index (Phi) is 41.4. The number of carbonyl (C=O) groups excluding carboxylic acids is 7. The van der Waals surface area contributed by atoms with Crippen LogP contribution in [0.25, 0.3) is 0 Å². The van der Waals surface area contributed by atoms with E-state index in [4.69, 9.17) is 34.4 Å². The van der Waals surface area contributed by atoms with E-state index in [2.05, 4.69) is 33.5 Å². The smallest absolute Gasteiger partial charge is 0.245 e. The van der Waals surface area contributed by atoms with Crippen LogP contribution < -0.4 is 61.0 Å². The van der Waals surface area contributed by atoms with Crippen molar-refractivity contribution in [1.29, 1.82) is 0 Å². The first-order chi connectivity index (χ1) is 32.8. The van der Waals surface area contributed by atoms with Gasteiger partial charge in [-0.15, -0.1) is 0 Å². The second-order valence-corrected chi connectivity index (χ2v) is 19.1. The van der Waals surface area contributed by atoms with Gasteiger partial charge in [-0.25, -0.2) is 0 Å². The molecule has 0 aromatic heterocycles. The van der Waals surface area contributed by atoms with Gasteiger partial charge in [0, 0.05) is 24.3 Å². The minimum atomic E-state index is -1.44. The first-order valence-corrected chi connectivity index (χ1v) is 27.0. The SMILES string of the molecule is CCCCCCCCCCCCCCCC(=O)CCSC[C@H](N)C(=O)N[C@@H](CO)C(=O)N[C@@H](CCCCN)C(=O)N[C@@H](CCCCN)C(=O)N[C@@H](CCCCN)C(=O)N[C@@H](CCCCN)C(N)=O. The van der Waals surface area contributed by atoms with Crippen LogP contribution in [0, 0.1) is 0 Å². The first-order valence-electron chi connectivity index (χ1n) is 25.9. The Hall–Kier alpha value is -3.40. The lowest BCUT2D eigenvalue weighted by atomic mass is 10.0. The van der Waals surface area contributed by atoms with Crippen LogP contribution in [-0.2, 0) is 33.6 Å². The number of amides is 6. The molecular formula is C48H95N11O8S. The topological polar surface area (TPSA) is 356 Å². The van der Waals surface area contributed by atoms with E-state index in [0.717, 1.165) is 19.3 Å². The van der Waals surface area contributed by atoms with Gasteiger partial charge < -0.3 is 66.1 Å². The van der Waals surface area contributed by atoms with Gasteiger partial charge in [-0.3, -0.25) is 33.6 Å². The fourth-order valence-corrected chi connectivity index (χ4v) is 8.51. The summed E-state index contributed by atoms with van der Waals surface area (Å²) in [6.45, 7) is 2.87. The minimum absolute atomic E-state index is 0.120. The van der Waals surface area contributed by atoms with Crippen molar-refractivity contribution in [3.8, 4) is 0 Å². The number of nitrogens with one attached hydrogen (secondary N) is 5.